The quantitative estimate of drug-likeness (QED) is 0.591. The topological polar surface area (TPSA) is 68.8 Å². The Morgan fingerprint density at radius 1 is 0.759 bits per heavy atom. The molecule has 1 unspecified atom stereocenters. The van der Waals surface area contributed by atoms with Crippen LogP contribution in [0.15, 0.2) is 72.8 Å². The number of methoxy groups -OCH3 is 3. The van der Waals surface area contributed by atoms with Gasteiger partial charge in [-0.15, -0.1) is 0 Å². The van der Waals surface area contributed by atoms with Crippen molar-refractivity contribution in [3.8, 4) is 17.2 Å². The van der Waals surface area contributed by atoms with Crippen LogP contribution in [0.2, 0.25) is 0 Å². The minimum atomic E-state index is -0.611. The molecule has 6 nitrogen and oxygen atoms in total. The van der Waals surface area contributed by atoms with Gasteiger partial charge in [0, 0.05) is 23.5 Å². The standard InChI is InChI=1S/C23H24N2O4/c1-27-19-11-7-10-17(14-19)25-23(26)22(16-8-5-4-6-9-16)24-18-12-13-20(28-2)21(15-18)29-3/h4-15,22,24H,1-3H3,(H,25,26). The molecule has 0 heterocycles. The van der Waals surface area contributed by atoms with Gasteiger partial charge in [0.1, 0.15) is 11.8 Å². The van der Waals surface area contributed by atoms with Gasteiger partial charge in [0.15, 0.2) is 11.5 Å². The summed E-state index contributed by atoms with van der Waals surface area (Å²) in [5.74, 6) is 1.68. The fourth-order valence-corrected chi connectivity index (χ4v) is 2.95. The lowest BCUT2D eigenvalue weighted by molar-refractivity contribution is -0.117. The Hall–Kier alpha value is -3.67. The molecule has 0 fully saturated rings. The Kier molecular flexibility index (Phi) is 6.58. The summed E-state index contributed by atoms with van der Waals surface area (Å²) < 4.78 is 15.9. The van der Waals surface area contributed by atoms with Crippen LogP contribution in [-0.2, 0) is 4.79 Å². The monoisotopic (exact) mass is 392 g/mol. The third-order valence-corrected chi connectivity index (χ3v) is 4.43. The Morgan fingerprint density at radius 2 is 1.52 bits per heavy atom. The van der Waals surface area contributed by atoms with Crippen molar-refractivity contribution < 1.29 is 19.0 Å². The molecule has 0 aliphatic heterocycles. The smallest absolute Gasteiger partial charge is 0.251 e. The Morgan fingerprint density at radius 3 is 2.21 bits per heavy atom. The van der Waals surface area contributed by atoms with Crippen molar-refractivity contribution in [1.82, 2.24) is 0 Å². The Labute approximate surface area is 170 Å². The molecule has 29 heavy (non-hydrogen) atoms. The molecule has 0 aliphatic carbocycles. The molecule has 0 radical (unpaired) electrons. The molecule has 1 atom stereocenters. The van der Waals surface area contributed by atoms with Crippen LogP contribution in [-0.4, -0.2) is 27.2 Å². The second kappa shape index (κ2) is 9.50. The SMILES string of the molecule is COc1cccc(NC(=O)C(Nc2ccc(OC)c(OC)c2)c2ccccc2)c1. The van der Waals surface area contributed by atoms with Crippen molar-refractivity contribution in [1.29, 1.82) is 0 Å². The van der Waals surface area contributed by atoms with Crippen molar-refractivity contribution in [2.24, 2.45) is 0 Å². The molecule has 0 bridgehead atoms. The molecule has 0 spiro atoms. The fraction of sp³-hybridized carbons (Fsp3) is 0.174. The van der Waals surface area contributed by atoms with Crippen molar-refractivity contribution in [3.63, 3.8) is 0 Å². The number of nitrogens with one attached hydrogen (secondary N) is 2. The zero-order valence-electron chi connectivity index (χ0n) is 16.6. The summed E-state index contributed by atoms with van der Waals surface area (Å²) in [5, 5.41) is 6.24. The van der Waals surface area contributed by atoms with Gasteiger partial charge in [0.05, 0.1) is 21.3 Å². The van der Waals surface area contributed by atoms with Crippen LogP contribution in [0.4, 0.5) is 11.4 Å². The largest absolute Gasteiger partial charge is 0.497 e. The maximum atomic E-state index is 13.1. The summed E-state index contributed by atoms with van der Waals surface area (Å²) in [6.07, 6.45) is 0. The van der Waals surface area contributed by atoms with Gasteiger partial charge in [-0.1, -0.05) is 36.4 Å². The lowest BCUT2D eigenvalue weighted by Crippen LogP contribution is -2.27. The van der Waals surface area contributed by atoms with E-state index in [4.69, 9.17) is 14.2 Å². The molecule has 0 aliphatic rings. The van der Waals surface area contributed by atoms with Crippen LogP contribution in [0.5, 0.6) is 17.2 Å². The highest BCUT2D eigenvalue weighted by Crippen LogP contribution is 2.32. The molecular weight excluding hydrogens is 368 g/mol. The molecule has 6 heteroatoms. The summed E-state index contributed by atoms with van der Waals surface area (Å²) in [4.78, 5) is 13.1. The minimum absolute atomic E-state index is 0.195. The van der Waals surface area contributed by atoms with Crippen LogP contribution < -0.4 is 24.8 Å². The van der Waals surface area contributed by atoms with E-state index in [-0.39, 0.29) is 5.91 Å². The molecule has 3 rings (SSSR count). The summed E-state index contributed by atoms with van der Waals surface area (Å²) >= 11 is 0. The summed E-state index contributed by atoms with van der Waals surface area (Å²) in [6.45, 7) is 0. The van der Waals surface area contributed by atoms with E-state index < -0.39 is 6.04 Å². The van der Waals surface area contributed by atoms with Gasteiger partial charge >= 0.3 is 0 Å². The van der Waals surface area contributed by atoms with Crippen molar-refractivity contribution >= 4 is 17.3 Å². The highest BCUT2D eigenvalue weighted by atomic mass is 16.5. The number of hydrogen-bond donors (Lipinski definition) is 2. The van der Waals surface area contributed by atoms with E-state index in [0.29, 0.717) is 22.9 Å². The predicted octanol–water partition coefficient (Wildman–Crippen LogP) is 4.50. The zero-order valence-corrected chi connectivity index (χ0v) is 16.6. The number of amides is 1. The van der Waals surface area contributed by atoms with E-state index in [0.717, 1.165) is 11.3 Å². The van der Waals surface area contributed by atoms with Crippen LogP contribution in [0, 0.1) is 0 Å². The predicted molar refractivity (Wildman–Crippen MR) is 114 cm³/mol. The lowest BCUT2D eigenvalue weighted by atomic mass is 10.1. The van der Waals surface area contributed by atoms with Gasteiger partial charge in [0.25, 0.3) is 5.91 Å². The van der Waals surface area contributed by atoms with E-state index in [9.17, 15) is 4.79 Å². The van der Waals surface area contributed by atoms with E-state index in [1.54, 1.807) is 39.5 Å². The highest BCUT2D eigenvalue weighted by molar-refractivity contribution is 5.97. The van der Waals surface area contributed by atoms with E-state index in [1.807, 2.05) is 54.6 Å². The summed E-state index contributed by atoms with van der Waals surface area (Å²) in [5.41, 5.74) is 2.23. The van der Waals surface area contributed by atoms with Gasteiger partial charge in [-0.3, -0.25) is 4.79 Å². The molecule has 0 aromatic heterocycles. The van der Waals surface area contributed by atoms with E-state index in [2.05, 4.69) is 10.6 Å². The van der Waals surface area contributed by atoms with Crippen LogP contribution in [0.1, 0.15) is 11.6 Å². The number of anilines is 2. The third-order valence-electron chi connectivity index (χ3n) is 4.43. The summed E-state index contributed by atoms with van der Waals surface area (Å²) in [7, 11) is 4.75. The van der Waals surface area contributed by atoms with Crippen molar-refractivity contribution in [2.45, 2.75) is 6.04 Å². The number of carbonyl (C=O) groups is 1. The van der Waals surface area contributed by atoms with E-state index >= 15 is 0 Å². The lowest BCUT2D eigenvalue weighted by Gasteiger charge is -2.21. The first-order chi connectivity index (χ1) is 14.1. The third kappa shape index (κ3) is 4.99. The molecule has 2 N–H and O–H groups in total. The number of ether oxygens (including phenoxy) is 3. The number of rotatable bonds is 8. The molecule has 3 aromatic carbocycles. The second-order valence-electron chi connectivity index (χ2n) is 6.28. The van der Waals surface area contributed by atoms with Gasteiger partial charge in [-0.05, 0) is 29.8 Å². The first kappa shape index (κ1) is 20.1. The van der Waals surface area contributed by atoms with Gasteiger partial charge < -0.3 is 24.8 Å². The highest BCUT2D eigenvalue weighted by Gasteiger charge is 2.21. The van der Waals surface area contributed by atoms with Gasteiger partial charge in [-0.2, -0.15) is 0 Å². The van der Waals surface area contributed by atoms with Crippen LogP contribution in [0.3, 0.4) is 0 Å². The second-order valence-corrected chi connectivity index (χ2v) is 6.28. The fourth-order valence-electron chi connectivity index (χ4n) is 2.95. The van der Waals surface area contributed by atoms with Crippen LogP contribution in [0.25, 0.3) is 0 Å². The molecule has 1 amide bonds. The molecule has 0 saturated carbocycles. The number of carbonyl (C=O) groups excluding carboxylic acids is 1. The summed E-state index contributed by atoms with van der Waals surface area (Å²) in [6, 6.07) is 21.6. The maximum absolute atomic E-state index is 13.1. The zero-order chi connectivity index (χ0) is 20.6. The molecule has 0 saturated heterocycles. The average Bonchev–Trinajstić information content (AvgIpc) is 2.77. The average molecular weight is 392 g/mol. The van der Waals surface area contributed by atoms with Gasteiger partial charge in [0.2, 0.25) is 0 Å². The van der Waals surface area contributed by atoms with E-state index in [1.165, 1.54) is 0 Å². The first-order valence-corrected chi connectivity index (χ1v) is 9.13. The van der Waals surface area contributed by atoms with Crippen molar-refractivity contribution in [3.05, 3.63) is 78.4 Å². The number of hydrogen-bond acceptors (Lipinski definition) is 5. The molecular formula is C23H24N2O4. The minimum Gasteiger partial charge on any atom is -0.497 e. The Balaban J connectivity index is 1.88. The number of benzene rings is 3. The normalized spacial score (nSPS) is 11.3. The first-order valence-electron chi connectivity index (χ1n) is 9.13. The maximum Gasteiger partial charge on any atom is 0.251 e. The van der Waals surface area contributed by atoms with Gasteiger partial charge in [-0.25, -0.2) is 0 Å². The van der Waals surface area contributed by atoms with Crippen molar-refractivity contribution in [2.75, 3.05) is 32.0 Å². The molecule has 150 valence electrons. The molecule has 3 aromatic rings. The van der Waals surface area contributed by atoms with Crippen LogP contribution >= 0.6 is 0 Å². The Bertz CT molecular complexity index is 960.